The third-order valence-corrected chi connectivity index (χ3v) is 4.87. The number of esters is 1. The first-order valence-corrected chi connectivity index (χ1v) is 9.59. The van der Waals surface area contributed by atoms with Crippen LogP contribution in [0.3, 0.4) is 0 Å². The number of hydrogen-bond donors (Lipinski definition) is 0. The van der Waals surface area contributed by atoms with Gasteiger partial charge in [-0.25, -0.2) is 8.78 Å². The minimum absolute atomic E-state index is 0. The highest BCUT2D eigenvalue weighted by Gasteiger charge is 2.26. The van der Waals surface area contributed by atoms with Crippen LogP contribution in [-0.2, 0) is 14.3 Å². The molecule has 2 aromatic rings. The zero-order chi connectivity index (χ0) is 19.9. The first-order valence-electron chi connectivity index (χ1n) is 9.59. The molecule has 0 spiro atoms. The molecule has 0 radical (unpaired) electrons. The zero-order valence-electron chi connectivity index (χ0n) is 16.4. The number of benzene rings is 2. The molecule has 0 aliphatic carbocycles. The molecule has 0 amide bonds. The van der Waals surface area contributed by atoms with Gasteiger partial charge in [0.15, 0.2) is 0 Å². The van der Waals surface area contributed by atoms with Crippen molar-refractivity contribution in [3.8, 4) is 0 Å². The van der Waals surface area contributed by atoms with Gasteiger partial charge in [0.25, 0.3) is 0 Å². The maximum atomic E-state index is 13.3. The Kier molecular flexibility index (Phi) is 9.01. The van der Waals surface area contributed by atoms with E-state index in [4.69, 9.17) is 9.47 Å². The Morgan fingerprint density at radius 1 is 1.00 bits per heavy atom. The van der Waals surface area contributed by atoms with Crippen LogP contribution in [0, 0.1) is 11.6 Å². The Morgan fingerprint density at radius 2 is 1.48 bits per heavy atom. The van der Waals surface area contributed by atoms with Gasteiger partial charge in [0.1, 0.15) is 17.7 Å². The van der Waals surface area contributed by atoms with Gasteiger partial charge in [-0.1, -0.05) is 24.3 Å². The van der Waals surface area contributed by atoms with Crippen LogP contribution in [0.5, 0.6) is 0 Å². The van der Waals surface area contributed by atoms with Crippen LogP contribution in [0.2, 0.25) is 0 Å². The van der Waals surface area contributed by atoms with Gasteiger partial charge in [0.05, 0.1) is 19.3 Å². The van der Waals surface area contributed by atoms with E-state index in [0.717, 1.165) is 37.1 Å². The lowest BCUT2D eigenvalue weighted by Gasteiger charge is -2.33. The molecular formula is C22H26ClF2NO3. The highest BCUT2D eigenvalue weighted by Crippen LogP contribution is 2.30. The fourth-order valence-corrected chi connectivity index (χ4v) is 3.41. The van der Waals surface area contributed by atoms with Crippen molar-refractivity contribution in [2.75, 3.05) is 26.2 Å². The number of ether oxygens (including phenoxy) is 2. The van der Waals surface area contributed by atoms with Crippen LogP contribution in [0.15, 0.2) is 48.5 Å². The first-order chi connectivity index (χ1) is 13.5. The summed E-state index contributed by atoms with van der Waals surface area (Å²) in [5.74, 6) is -0.833. The molecule has 1 aliphatic rings. The van der Waals surface area contributed by atoms with Crippen molar-refractivity contribution in [3.05, 3.63) is 71.3 Å². The molecule has 158 valence electrons. The molecular weight excluding hydrogens is 400 g/mol. The molecule has 0 saturated carbocycles. The molecule has 1 fully saturated rings. The molecule has 0 unspecified atom stereocenters. The van der Waals surface area contributed by atoms with Crippen LogP contribution in [0.25, 0.3) is 0 Å². The maximum Gasteiger partial charge on any atom is 0.320 e. The number of likely N-dealkylation sites (tertiary alicyclic amines) is 1. The summed E-state index contributed by atoms with van der Waals surface area (Å²) < 4.78 is 38.0. The van der Waals surface area contributed by atoms with Crippen molar-refractivity contribution in [2.45, 2.75) is 32.0 Å². The lowest BCUT2D eigenvalue weighted by molar-refractivity contribution is -0.145. The van der Waals surface area contributed by atoms with Crippen molar-refractivity contribution in [1.82, 2.24) is 4.90 Å². The van der Waals surface area contributed by atoms with Gasteiger partial charge >= 0.3 is 5.97 Å². The molecule has 0 bridgehead atoms. The lowest BCUT2D eigenvalue weighted by Crippen LogP contribution is -2.40. The minimum Gasteiger partial charge on any atom is -0.465 e. The normalized spacial score (nSPS) is 15.2. The summed E-state index contributed by atoms with van der Waals surface area (Å²) in [4.78, 5) is 13.7. The number of carbonyl (C=O) groups excluding carboxylic acids is 1. The predicted octanol–water partition coefficient (Wildman–Crippen LogP) is 4.52. The maximum absolute atomic E-state index is 13.3. The molecule has 4 nitrogen and oxygen atoms in total. The largest absolute Gasteiger partial charge is 0.465 e. The van der Waals surface area contributed by atoms with E-state index in [1.165, 1.54) is 24.3 Å². The highest BCUT2D eigenvalue weighted by molar-refractivity contribution is 5.85. The Labute approximate surface area is 176 Å². The van der Waals surface area contributed by atoms with E-state index in [0.29, 0.717) is 13.2 Å². The third kappa shape index (κ3) is 6.77. The fraction of sp³-hybridized carbons (Fsp3) is 0.409. The Bertz CT molecular complexity index is 717. The standard InChI is InChI=1S/C22H25F2NO3.ClH/c1-2-27-21(26)15-25-13-11-20(12-14-25)28-22(16-3-7-18(23)8-4-16)17-5-9-19(24)10-6-17;/h3-10,20,22H,2,11-15H2,1H3;1H. The number of nitrogens with zero attached hydrogens (tertiary/aromatic N) is 1. The Balaban J connectivity index is 0.00000300. The summed E-state index contributed by atoms with van der Waals surface area (Å²) in [6, 6.07) is 12.4. The zero-order valence-corrected chi connectivity index (χ0v) is 17.2. The molecule has 3 rings (SSSR count). The summed E-state index contributed by atoms with van der Waals surface area (Å²) in [5.41, 5.74) is 1.64. The molecule has 2 aromatic carbocycles. The number of hydrogen-bond acceptors (Lipinski definition) is 4. The van der Waals surface area contributed by atoms with E-state index < -0.39 is 6.10 Å². The molecule has 1 saturated heterocycles. The predicted molar refractivity (Wildman–Crippen MR) is 109 cm³/mol. The second-order valence-electron chi connectivity index (χ2n) is 6.90. The average Bonchev–Trinajstić information content (AvgIpc) is 2.69. The van der Waals surface area contributed by atoms with Gasteiger partial charge < -0.3 is 9.47 Å². The molecule has 0 aromatic heterocycles. The smallest absolute Gasteiger partial charge is 0.320 e. The van der Waals surface area contributed by atoms with Crippen molar-refractivity contribution in [1.29, 1.82) is 0 Å². The van der Waals surface area contributed by atoms with Crippen LogP contribution < -0.4 is 0 Å². The van der Waals surface area contributed by atoms with E-state index in [-0.39, 0.29) is 36.1 Å². The van der Waals surface area contributed by atoms with Crippen molar-refractivity contribution < 1.29 is 23.0 Å². The highest BCUT2D eigenvalue weighted by atomic mass is 35.5. The molecule has 0 N–H and O–H groups in total. The summed E-state index contributed by atoms with van der Waals surface area (Å²) in [6.45, 7) is 3.95. The van der Waals surface area contributed by atoms with E-state index >= 15 is 0 Å². The van der Waals surface area contributed by atoms with Crippen molar-refractivity contribution >= 4 is 18.4 Å². The summed E-state index contributed by atoms with van der Waals surface area (Å²) in [6.07, 6.45) is 1.15. The van der Waals surface area contributed by atoms with Crippen LogP contribution in [-0.4, -0.2) is 43.2 Å². The average molecular weight is 426 g/mol. The van der Waals surface area contributed by atoms with Crippen LogP contribution in [0.4, 0.5) is 8.78 Å². The SMILES string of the molecule is CCOC(=O)CN1CCC(OC(c2ccc(F)cc2)c2ccc(F)cc2)CC1.Cl. The Hall–Kier alpha value is -2.02. The molecule has 29 heavy (non-hydrogen) atoms. The summed E-state index contributed by atoms with van der Waals surface area (Å²) in [7, 11) is 0. The van der Waals surface area contributed by atoms with E-state index in [1.54, 1.807) is 31.2 Å². The van der Waals surface area contributed by atoms with E-state index in [2.05, 4.69) is 4.90 Å². The summed E-state index contributed by atoms with van der Waals surface area (Å²) in [5, 5.41) is 0. The lowest BCUT2D eigenvalue weighted by atomic mass is 10.00. The van der Waals surface area contributed by atoms with Crippen molar-refractivity contribution in [2.24, 2.45) is 0 Å². The monoisotopic (exact) mass is 425 g/mol. The van der Waals surface area contributed by atoms with Gasteiger partial charge in [-0.05, 0) is 55.2 Å². The second-order valence-corrected chi connectivity index (χ2v) is 6.90. The second kappa shape index (κ2) is 11.2. The molecule has 1 heterocycles. The molecule has 0 atom stereocenters. The third-order valence-electron chi connectivity index (χ3n) is 4.87. The van der Waals surface area contributed by atoms with Gasteiger partial charge in [-0.2, -0.15) is 0 Å². The van der Waals surface area contributed by atoms with E-state index in [1.807, 2.05) is 0 Å². The fourth-order valence-electron chi connectivity index (χ4n) is 3.41. The minimum atomic E-state index is -0.400. The van der Waals surface area contributed by atoms with Crippen molar-refractivity contribution in [3.63, 3.8) is 0 Å². The van der Waals surface area contributed by atoms with Crippen LogP contribution in [0.1, 0.15) is 37.0 Å². The quantitative estimate of drug-likeness (QED) is 0.611. The van der Waals surface area contributed by atoms with Gasteiger partial charge in [0, 0.05) is 13.1 Å². The van der Waals surface area contributed by atoms with Gasteiger partial charge in [-0.3, -0.25) is 9.69 Å². The van der Waals surface area contributed by atoms with Crippen LogP contribution >= 0.6 is 12.4 Å². The number of piperidine rings is 1. The van der Waals surface area contributed by atoms with Gasteiger partial charge in [-0.15, -0.1) is 12.4 Å². The number of halogens is 3. The first kappa shape index (κ1) is 23.3. The van der Waals surface area contributed by atoms with E-state index in [9.17, 15) is 13.6 Å². The number of rotatable bonds is 7. The Morgan fingerprint density at radius 3 is 1.93 bits per heavy atom. The van der Waals surface area contributed by atoms with Gasteiger partial charge in [0.2, 0.25) is 0 Å². The number of carbonyl (C=O) groups is 1. The molecule has 1 aliphatic heterocycles. The topological polar surface area (TPSA) is 38.8 Å². The summed E-state index contributed by atoms with van der Waals surface area (Å²) >= 11 is 0. The molecule has 7 heteroatoms.